The van der Waals surface area contributed by atoms with Crippen LogP contribution in [0.4, 0.5) is 0 Å². The van der Waals surface area contributed by atoms with Crippen LogP contribution in [0.1, 0.15) is 40.5 Å². The molecule has 1 aliphatic heterocycles. The molecule has 0 radical (unpaired) electrons. The molecule has 1 aromatic carbocycles. The van der Waals surface area contributed by atoms with E-state index < -0.39 is 10.0 Å². The largest absolute Gasteiger partial charge is 0.496 e. The van der Waals surface area contributed by atoms with Gasteiger partial charge in [0.15, 0.2) is 0 Å². The number of hydrogen-bond acceptors (Lipinski definition) is 4. The van der Waals surface area contributed by atoms with E-state index in [4.69, 9.17) is 4.74 Å². The lowest BCUT2D eigenvalue weighted by molar-refractivity contribution is 0.157. The van der Waals surface area contributed by atoms with E-state index in [1.165, 1.54) is 0 Å². The lowest BCUT2D eigenvalue weighted by Gasteiger charge is -2.46. The maximum Gasteiger partial charge on any atom is 0.240 e. The molecular formula is C16H25IN2O3S. The van der Waals surface area contributed by atoms with Crippen LogP contribution in [0.25, 0.3) is 0 Å². The van der Waals surface area contributed by atoms with Crippen molar-refractivity contribution in [1.82, 2.24) is 10.0 Å². The van der Waals surface area contributed by atoms with Gasteiger partial charge in [-0.1, -0.05) is 0 Å². The van der Waals surface area contributed by atoms with Crippen LogP contribution < -0.4 is 14.8 Å². The van der Waals surface area contributed by atoms with Crippen LogP contribution in [0.3, 0.4) is 0 Å². The Bertz CT molecular complexity index is 671. The van der Waals surface area contributed by atoms with Crippen LogP contribution in [-0.4, -0.2) is 32.6 Å². The number of nitrogens with one attached hydrogen (secondary N) is 2. The molecule has 0 saturated carbocycles. The first kappa shape index (κ1) is 19.0. The summed E-state index contributed by atoms with van der Waals surface area (Å²) in [5.74, 6) is 0.569. The topological polar surface area (TPSA) is 67.4 Å². The molecule has 2 N–H and O–H groups in total. The fourth-order valence-electron chi connectivity index (χ4n) is 3.50. The van der Waals surface area contributed by atoms with Crippen LogP contribution in [0.2, 0.25) is 0 Å². The molecule has 0 aromatic heterocycles. The zero-order chi connectivity index (χ0) is 17.5. The Hall–Kier alpha value is -0.380. The van der Waals surface area contributed by atoms with Gasteiger partial charge in [0.2, 0.25) is 10.0 Å². The molecule has 23 heavy (non-hydrogen) atoms. The minimum atomic E-state index is -3.57. The summed E-state index contributed by atoms with van der Waals surface area (Å²) in [4.78, 5) is 0.240. The summed E-state index contributed by atoms with van der Waals surface area (Å²) in [6, 6.07) is 4.84. The Balaban J connectivity index is 2.24. The third kappa shape index (κ3) is 4.80. The monoisotopic (exact) mass is 452 g/mol. The van der Waals surface area contributed by atoms with E-state index >= 15 is 0 Å². The summed E-state index contributed by atoms with van der Waals surface area (Å²) in [5.41, 5.74) is -0.225. The van der Waals surface area contributed by atoms with Gasteiger partial charge in [0.05, 0.1) is 15.6 Å². The van der Waals surface area contributed by atoms with Crippen molar-refractivity contribution in [1.29, 1.82) is 0 Å². The van der Waals surface area contributed by atoms with Crippen molar-refractivity contribution in [3.8, 4) is 5.75 Å². The van der Waals surface area contributed by atoms with Gasteiger partial charge in [-0.15, -0.1) is 0 Å². The minimum Gasteiger partial charge on any atom is -0.496 e. The van der Waals surface area contributed by atoms with Gasteiger partial charge in [-0.2, -0.15) is 0 Å². The Morgan fingerprint density at radius 3 is 2.30 bits per heavy atom. The normalized spacial score (nSPS) is 21.1. The Morgan fingerprint density at radius 1 is 1.22 bits per heavy atom. The number of methoxy groups -OCH3 is 1. The fraction of sp³-hybridized carbons (Fsp3) is 0.625. The molecule has 1 heterocycles. The molecule has 2 rings (SSSR count). The Labute approximate surface area is 152 Å². The highest BCUT2D eigenvalue weighted by Crippen LogP contribution is 2.30. The average molecular weight is 452 g/mol. The van der Waals surface area contributed by atoms with Gasteiger partial charge < -0.3 is 10.1 Å². The second-order valence-electron chi connectivity index (χ2n) is 7.42. The van der Waals surface area contributed by atoms with Crippen LogP contribution in [-0.2, 0) is 10.0 Å². The molecule has 0 spiro atoms. The van der Waals surface area contributed by atoms with Gasteiger partial charge in [-0.3, -0.25) is 0 Å². The molecule has 1 aliphatic rings. The number of halogens is 1. The number of piperidine rings is 1. The maximum absolute atomic E-state index is 12.7. The third-order valence-corrected chi connectivity index (χ3v) is 6.35. The van der Waals surface area contributed by atoms with Crippen molar-refractivity contribution in [3.05, 3.63) is 21.8 Å². The van der Waals surface area contributed by atoms with E-state index in [0.29, 0.717) is 5.75 Å². The van der Waals surface area contributed by atoms with Crippen molar-refractivity contribution in [2.24, 2.45) is 0 Å². The van der Waals surface area contributed by atoms with E-state index in [1.807, 2.05) is 0 Å². The molecule has 0 aliphatic carbocycles. The quantitative estimate of drug-likeness (QED) is 0.690. The SMILES string of the molecule is COc1cc(S(=O)(=O)NC2CC(C)(C)NC(C)(C)C2)ccc1I. The van der Waals surface area contributed by atoms with E-state index in [9.17, 15) is 8.42 Å². The van der Waals surface area contributed by atoms with E-state index in [2.05, 4.69) is 60.3 Å². The maximum atomic E-state index is 12.7. The standard InChI is InChI=1S/C16H25IN2O3S/c1-15(2)9-11(10-16(3,4)19-15)18-23(20,21)12-6-7-13(17)14(8-12)22-5/h6-8,11,18-19H,9-10H2,1-5H3. The lowest BCUT2D eigenvalue weighted by Crippen LogP contribution is -2.62. The molecule has 0 amide bonds. The highest BCUT2D eigenvalue weighted by atomic mass is 127. The third-order valence-electron chi connectivity index (χ3n) is 3.94. The second kappa shape index (κ2) is 6.50. The first-order valence-electron chi connectivity index (χ1n) is 7.59. The summed E-state index contributed by atoms with van der Waals surface area (Å²) in [5, 5.41) is 3.56. The molecule has 0 bridgehead atoms. The Morgan fingerprint density at radius 2 is 1.78 bits per heavy atom. The van der Waals surface area contributed by atoms with Gasteiger partial charge in [0.1, 0.15) is 5.75 Å². The van der Waals surface area contributed by atoms with Gasteiger partial charge >= 0.3 is 0 Å². The highest BCUT2D eigenvalue weighted by molar-refractivity contribution is 14.1. The summed E-state index contributed by atoms with van der Waals surface area (Å²) in [6.07, 6.45) is 1.49. The molecule has 0 atom stereocenters. The van der Waals surface area contributed by atoms with Gasteiger partial charge in [-0.05, 0) is 75.3 Å². The van der Waals surface area contributed by atoms with Crippen LogP contribution in [0, 0.1) is 3.57 Å². The van der Waals surface area contributed by atoms with Crippen molar-refractivity contribution in [2.45, 2.75) is 62.6 Å². The number of hydrogen-bond donors (Lipinski definition) is 2. The smallest absolute Gasteiger partial charge is 0.240 e. The number of benzene rings is 1. The molecule has 1 aromatic rings. The van der Waals surface area contributed by atoms with Crippen molar-refractivity contribution in [2.75, 3.05) is 7.11 Å². The van der Waals surface area contributed by atoms with Crippen molar-refractivity contribution in [3.63, 3.8) is 0 Å². The first-order valence-corrected chi connectivity index (χ1v) is 10.2. The van der Waals surface area contributed by atoms with Crippen LogP contribution >= 0.6 is 22.6 Å². The first-order chi connectivity index (χ1) is 10.4. The molecular weight excluding hydrogens is 427 g/mol. The molecule has 1 saturated heterocycles. The van der Waals surface area contributed by atoms with Gasteiger partial charge in [0, 0.05) is 23.2 Å². The summed E-state index contributed by atoms with van der Waals surface area (Å²) >= 11 is 2.12. The number of ether oxygens (including phenoxy) is 1. The minimum absolute atomic E-state index is 0.100. The molecule has 5 nitrogen and oxygen atoms in total. The summed E-state index contributed by atoms with van der Waals surface area (Å²) < 4.78 is 34.4. The number of rotatable bonds is 4. The predicted octanol–water partition coefficient (Wildman–Crippen LogP) is 2.89. The highest BCUT2D eigenvalue weighted by Gasteiger charge is 2.39. The fourth-order valence-corrected chi connectivity index (χ4v) is 5.31. The molecule has 0 unspecified atom stereocenters. The summed E-state index contributed by atoms with van der Waals surface area (Å²) in [6.45, 7) is 8.40. The average Bonchev–Trinajstić information content (AvgIpc) is 2.34. The number of sulfonamides is 1. The second-order valence-corrected chi connectivity index (χ2v) is 10.3. The summed E-state index contributed by atoms with van der Waals surface area (Å²) in [7, 11) is -2.03. The molecule has 7 heteroatoms. The van der Waals surface area contributed by atoms with Crippen molar-refractivity contribution >= 4 is 32.6 Å². The van der Waals surface area contributed by atoms with E-state index in [0.717, 1.165) is 16.4 Å². The zero-order valence-electron chi connectivity index (χ0n) is 14.2. The van der Waals surface area contributed by atoms with Crippen LogP contribution in [0.5, 0.6) is 5.75 Å². The van der Waals surface area contributed by atoms with Crippen molar-refractivity contribution < 1.29 is 13.2 Å². The van der Waals surface area contributed by atoms with E-state index in [1.54, 1.807) is 25.3 Å². The van der Waals surface area contributed by atoms with Crippen LogP contribution in [0.15, 0.2) is 23.1 Å². The lowest BCUT2D eigenvalue weighted by atomic mass is 9.80. The Kier molecular flexibility index (Phi) is 5.35. The molecule has 1 fully saturated rings. The van der Waals surface area contributed by atoms with Gasteiger partial charge in [-0.25, -0.2) is 13.1 Å². The predicted molar refractivity (Wildman–Crippen MR) is 100 cm³/mol. The molecule has 130 valence electrons. The zero-order valence-corrected chi connectivity index (χ0v) is 17.2. The van der Waals surface area contributed by atoms with E-state index in [-0.39, 0.29) is 22.0 Å². The van der Waals surface area contributed by atoms with Gasteiger partial charge in [0.25, 0.3) is 0 Å².